The van der Waals surface area contributed by atoms with Crippen LogP contribution < -0.4 is 0 Å². The second-order valence-electron chi connectivity index (χ2n) is 2.91. The Bertz CT molecular complexity index is 357. The molecule has 0 amide bonds. The van der Waals surface area contributed by atoms with Crippen molar-refractivity contribution in [2.24, 2.45) is 5.16 Å². The molecule has 2 rings (SSSR count). The SMILES string of the molecule is OCc1c[cH-]cc1/C=N/O.[C-]1=CC=CC1.[Fe+2]. The van der Waals surface area contributed by atoms with Crippen molar-refractivity contribution in [1.29, 1.82) is 0 Å². The predicted molar refractivity (Wildman–Crippen MR) is 58.9 cm³/mol. The van der Waals surface area contributed by atoms with Gasteiger partial charge in [0.1, 0.15) is 0 Å². The van der Waals surface area contributed by atoms with Crippen LogP contribution in [0.4, 0.5) is 0 Å². The van der Waals surface area contributed by atoms with E-state index in [9.17, 15) is 0 Å². The van der Waals surface area contributed by atoms with Crippen LogP contribution in [0.1, 0.15) is 17.5 Å². The molecule has 0 spiro atoms. The van der Waals surface area contributed by atoms with Gasteiger partial charge < -0.3 is 10.3 Å². The summed E-state index contributed by atoms with van der Waals surface area (Å²) in [6, 6.07) is 5.34. The largest absolute Gasteiger partial charge is 2.00 e. The van der Waals surface area contributed by atoms with E-state index in [0.29, 0.717) is 0 Å². The molecule has 0 bridgehead atoms. The molecular weight excluding hydrogens is 246 g/mol. The van der Waals surface area contributed by atoms with Gasteiger partial charge in [-0.1, -0.05) is 0 Å². The third-order valence-corrected chi connectivity index (χ3v) is 1.90. The van der Waals surface area contributed by atoms with Crippen molar-refractivity contribution in [3.05, 3.63) is 53.6 Å². The van der Waals surface area contributed by atoms with E-state index in [2.05, 4.69) is 17.3 Å². The molecule has 2 N–H and O–H groups in total. The fourth-order valence-electron chi connectivity index (χ4n) is 1.14. The number of oxime groups is 1. The van der Waals surface area contributed by atoms with Crippen LogP contribution in [0, 0.1) is 6.08 Å². The van der Waals surface area contributed by atoms with Crippen molar-refractivity contribution in [3.63, 3.8) is 0 Å². The van der Waals surface area contributed by atoms with E-state index < -0.39 is 0 Å². The molecule has 0 radical (unpaired) electrons. The van der Waals surface area contributed by atoms with Crippen molar-refractivity contribution in [1.82, 2.24) is 0 Å². The van der Waals surface area contributed by atoms with E-state index in [-0.39, 0.29) is 23.7 Å². The van der Waals surface area contributed by atoms with Gasteiger partial charge in [0.2, 0.25) is 0 Å². The number of hydrogen-bond donors (Lipinski definition) is 2. The van der Waals surface area contributed by atoms with Crippen LogP contribution in [0.3, 0.4) is 0 Å². The molecule has 1 aromatic rings. The Kier molecular flexibility index (Phi) is 8.35. The number of allylic oxidation sites excluding steroid dienone is 4. The standard InChI is InChI=1S/C7H8NO2.C5H5.Fe/c9-5-7-3-1-2-6(7)4-8-10;1-2-4-5-3-1;/h1-4,9-10H,5H2;1-3H,4H2;/q2*-1;+2/b8-4+;;. The maximum absolute atomic E-state index is 8.69. The zero-order valence-electron chi connectivity index (χ0n) is 8.65. The van der Waals surface area contributed by atoms with Gasteiger partial charge in [0, 0.05) is 12.8 Å². The molecule has 0 aromatic heterocycles. The summed E-state index contributed by atoms with van der Waals surface area (Å²) >= 11 is 0. The Labute approximate surface area is 106 Å². The molecule has 3 nitrogen and oxygen atoms in total. The summed E-state index contributed by atoms with van der Waals surface area (Å²) in [5, 5.41) is 19.7. The summed E-state index contributed by atoms with van der Waals surface area (Å²) in [5.74, 6) is 0. The zero-order chi connectivity index (χ0) is 10.9. The third-order valence-electron chi connectivity index (χ3n) is 1.90. The minimum absolute atomic E-state index is 0. The normalized spacial score (nSPS) is 12.3. The minimum atomic E-state index is -0.0195. The van der Waals surface area contributed by atoms with Gasteiger partial charge in [0.25, 0.3) is 0 Å². The van der Waals surface area contributed by atoms with Crippen molar-refractivity contribution in [3.8, 4) is 0 Å². The van der Waals surface area contributed by atoms with Gasteiger partial charge in [0.15, 0.2) is 0 Å². The van der Waals surface area contributed by atoms with E-state index in [0.717, 1.165) is 17.5 Å². The van der Waals surface area contributed by atoms with Gasteiger partial charge in [-0.15, -0.1) is 11.6 Å². The van der Waals surface area contributed by atoms with Gasteiger partial charge in [-0.25, -0.2) is 12.2 Å². The van der Waals surface area contributed by atoms with Gasteiger partial charge >= 0.3 is 17.1 Å². The maximum atomic E-state index is 8.69. The summed E-state index contributed by atoms with van der Waals surface area (Å²) < 4.78 is 0. The molecule has 0 heterocycles. The summed E-state index contributed by atoms with van der Waals surface area (Å²) in [5.41, 5.74) is 1.53. The van der Waals surface area contributed by atoms with E-state index in [1.807, 2.05) is 12.2 Å². The number of hydrogen-bond acceptors (Lipinski definition) is 3. The van der Waals surface area contributed by atoms with Gasteiger partial charge in [-0.05, 0) is 0 Å². The van der Waals surface area contributed by atoms with Crippen LogP contribution in [0.15, 0.2) is 41.6 Å². The number of aliphatic hydroxyl groups excluding tert-OH is 1. The smallest absolute Gasteiger partial charge is 0.412 e. The van der Waals surface area contributed by atoms with Crippen LogP contribution in [0.5, 0.6) is 0 Å². The van der Waals surface area contributed by atoms with Crippen molar-refractivity contribution >= 4 is 6.21 Å². The van der Waals surface area contributed by atoms with Crippen LogP contribution in [-0.2, 0) is 23.7 Å². The first-order valence-electron chi connectivity index (χ1n) is 4.63. The topological polar surface area (TPSA) is 52.8 Å². The average molecular weight is 259 g/mol. The second-order valence-corrected chi connectivity index (χ2v) is 2.91. The quantitative estimate of drug-likeness (QED) is 0.280. The number of rotatable bonds is 2. The summed E-state index contributed by atoms with van der Waals surface area (Å²) in [7, 11) is 0. The fraction of sp³-hybridized carbons (Fsp3) is 0.167. The zero-order valence-corrected chi connectivity index (χ0v) is 9.76. The van der Waals surface area contributed by atoms with Crippen molar-refractivity contribution in [2.75, 3.05) is 0 Å². The monoisotopic (exact) mass is 259 g/mol. The summed E-state index contributed by atoms with van der Waals surface area (Å²) in [4.78, 5) is 0. The molecule has 0 aliphatic heterocycles. The number of aliphatic hydroxyl groups is 1. The van der Waals surface area contributed by atoms with E-state index >= 15 is 0 Å². The Morgan fingerprint density at radius 1 is 1.50 bits per heavy atom. The molecular formula is C12H13FeNO2. The van der Waals surface area contributed by atoms with Crippen LogP contribution in [-0.4, -0.2) is 16.5 Å². The van der Waals surface area contributed by atoms with E-state index in [4.69, 9.17) is 10.3 Å². The Morgan fingerprint density at radius 3 is 2.75 bits per heavy atom. The molecule has 4 heteroatoms. The van der Waals surface area contributed by atoms with Crippen molar-refractivity contribution < 1.29 is 27.4 Å². The first-order valence-corrected chi connectivity index (χ1v) is 4.63. The van der Waals surface area contributed by atoms with E-state index in [1.165, 1.54) is 6.21 Å². The number of nitrogens with zero attached hydrogens (tertiary/aromatic N) is 1. The molecule has 0 saturated heterocycles. The molecule has 0 fully saturated rings. The molecule has 1 aliphatic carbocycles. The van der Waals surface area contributed by atoms with Crippen LogP contribution >= 0.6 is 0 Å². The Hall–Kier alpha value is -1.22. The summed E-state index contributed by atoms with van der Waals surface area (Å²) in [6.07, 6.45) is 11.3. The fourth-order valence-corrected chi connectivity index (χ4v) is 1.14. The molecule has 0 unspecified atom stereocenters. The first kappa shape index (κ1) is 14.8. The molecule has 1 aromatic carbocycles. The van der Waals surface area contributed by atoms with Gasteiger partial charge in [0.05, 0.1) is 0 Å². The molecule has 86 valence electrons. The summed E-state index contributed by atoms with van der Waals surface area (Å²) in [6.45, 7) is -0.0195. The average Bonchev–Trinajstić information content (AvgIpc) is 2.92. The third kappa shape index (κ3) is 5.03. The van der Waals surface area contributed by atoms with Crippen molar-refractivity contribution in [2.45, 2.75) is 13.0 Å². The molecule has 0 saturated carbocycles. The van der Waals surface area contributed by atoms with Gasteiger partial charge in [-0.2, -0.15) is 35.4 Å². The predicted octanol–water partition coefficient (Wildman–Crippen LogP) is 2.01. The maximum Gasteiger partial charge on any atom is 2.00 e. The molecule has 1 aliphatic rings. The van der Waals surface area contributed by atoms with E-state index in [1.54, 1.807) is 18.2 Å². The Balaban J connectivity index is 0.000000318. The minimum Gasteiger partial charge on any atom is -0.412 e. The molecule has 16 heavy (non-hydrogen) atoms. The van der Waals surface area contributed by atoms with Crippen LogP contribution in [0.25, 0.3) is 0 Å². The molecule has 0 atom stereocenters. The second kappa shape index (κ2) is 9.04. The first-order chi connectivity index (χ1) is 7.38. The van der Waals surface area contributed by atoms with Crippen LogP contribution in [0.2, 0.25) is 0 Å². The van der Waals surface area contributed by atoms with Gasteiger partial charge in [-0.3, -0.25) is 6.08 Å². The Morgan fingerprint density at radius 2 is 2.31 bits per heavy atom.